The summed E-state index contributed by atoms with van der Waals surface area (Å²) < 4.78 is 0. The molecule has 0 aromatic carbocycles. The molecule has 0 amide bonds. The first-order chi connectivity index (χ1) is 6.77. The molecule has 2 N–H and O–H groups in total. The summed E-state index contributed by atoms with van der Waals surface area (Å²) in [4.78, 5) is 4.48. The Kier molecular flexibility index (Phi) is 2.54. The molecular weight excluding hydrogens is 176 g/mol. The van der Waals surface area contributed by atoms with E-state index in [2.05, 4.69) is 27.4 Å². The molecule has 0 saturated carbocycles. The number of aryl methyl sites for hydroxylation is 1. The van der Waals surface area contributed by atoms with Crippen LogP contribution < -0.4 is 5.32 Å². The van der Waals surface area contributed by atoms with Gasteiger partial charge in [-0.1, -0.05) is 6.92 Å². The van der Waals surface area contributed by atoms with E-state index in [1.54, 1.807) is 0 Å². The Hall–Kier alpha value is -0.900. The molecule has 1 aliphatic rings. The van der Waals surface area contributed by atoms with E-state index >= 15 is 0 Å². The molecular formula is C10H18N4. The summed E-state index contributed by atoms with van der Waals surface area (Å²) in [5.41, 5.74) is 0.218. The van der Waals surface area contributed by atoms with Crippen molar-refractivity contribution in [2.45, 2.75) is 38.5 Å². The second kappa shape index (κ2) is 3.69. The number of piperidine rings is 1. The van der Waals surface area contributed by atoms with E-state index in [0.717, 1.165) is 44.0 Å². The molecule has 0 radical (unpaired) electrons. The monoisotopic (exact) mass is 194 g/mol. The number of H-pyrrole nitrogens is 1. The van der Waals surface area contributed by atoms with Gasteiger partial charge >= 0.3 is 0 Å². The van der Waals surface area contributed by atoms with Crippen LogP contribution in [0.15, 0.2) is 0 Å². The number of nitrogens with one attached hydrogen (secondary N) is 2. The Morgan fingerprint density at radius 3 is 2.57 bits per heavy atom. The maximum Gasteiger partial charge on any atom is 0.156 e. The fraction of sp³-hybridized carbons (Fsp3) is 0.800. The number of rotatable bonds is 2. The van der Waals surface area contributed by atoms with Crippen molar-refractivity contribution in [2.24, 2.45) is 0 Å². The second-order valence-corrected chi connectivity index (χ2v) is 4.13. The third-order valence-corrected chi connectivity index (χ3v) is 3.31. The van der Waals surface area contributed by atoms with Crippen LogP contribution in [-0.4, -0.2) is 28.3 Å². The summed E-state index contributed by atoms with van der Waals surface area (Å²) >= 11 is 0. The lowest BCUT2D eigenvalue weighted by molar-refractivity contribution is 0.283. The van der Waals surface area contributed by atoms with Gasteiger partial charge in [-0.15, -0.1) is 0 Å². The highest BCUT2D eigenvalue weighted by Crippen LogP contribution is 2.34. The van der Waals surface area contributed by atoms with Gasteiger partial charge in [-0.2, -0.15) is 5.10 Å². The molecule has 4 heteroatoms. The van der Waals surface area contributed by atoms with Crippen LogP contribution in [-0.2, 0) is 5.41 Å². The summed E-state index contributed by atoms with van der Waals surface area (Å²) in [6.07, 6.45) is 3.44. The summed E-state index contributed by atoms with van der Waals surface area (Å²) in [7, 11) is 0. The summed E-state index contributed by atoms with van der Waals surface area (Å²) in [6, 6.07) is 0. The molecule has 14 heavy (non-hydrogen) atoms. The zero-order valence-corrected chi connectivity index (χ0v) is 8.93. The fourth-order valence-corrected chi connectivity index (χ4v) is 2.22. The SMILES string of the molecule is CCC1(c2n[nH]c(C)n2)CCNCC1. The molecule has 1 aromatic rings. The highest BCUT2D eigenvalue weighted by molar-refractivity contribution is 5.09. The molecule has 0 unspecified atom stereocenters. The highest BCUT2D eigenvalue weighted by atomic mass is 15.2. The van der Waals surface area contributed by atoms with E-state index in [0.29, 0.717) is 0 Å². The third kappa shape index (κ3) is 1.54. The van der Waals surface area contributed by atoms with Crippen LogP contribution in [0.1, 0.15) is 37.8 Å². The zero-order chi connectivity index (χ0) is 10.0. The van der Waals surface area contributed by atoms with Gasteiger partial charge in [0, 0.05) is 5.41 Å². The summed E-state index contributed by atoms with van der Waals surface area (Å²) in [6.45, 7) is 6.36. The molecule has 0 bridgehead atoms. The van der Waals surface area contributed by atoms with Crippen molar-refractivity contribution in [3.05, 3.63) is 11.6 Å². The quantitative estimate of drug-likeness (QED) is 0.742. The number of hydrogen-bond donors (Lipinski definition) is 2. The molecule has 0 spiro atoms. The Labute approximate surface area is 84.5 Å². The van der Waals surface area contributed by atoms with E-state index in [1.165, 1.54) is 0 Å². The van der Waals surface area contributed by atoms with Crippen LogP contribution >= 0.6 is 0 Å². The largest absolute Gasteiger partial charge is 0.317 e. The predicted octanol–water partition coefficient (Wildman–Crippen LogP) is 1.14. The minimum Gasteiger partial charge on any atom is -0.317 e. The minimum atomic E-state index is 0.218. The summed E-state index contributed by atoms with van der Waals surface area (Å²) in [5.74, 6) is 1.94. The molecule has 78 valence electrons. The van der Waals surface area contributed by atoms with E-state index in [9.17, 15) is 0 Å². The summed E-state index contributed by atoms with van der Waals surface area (Å²) in [5, 5.41) is 10.6. The average Bonchev–Trinajstić information content (AvgIpc) is 2.66. The number of aromatic amines is 1. The van der Waals surface area contributed by atoms with Crippen molar-refractivity contribution in [1.82, 2.24) is 20.5 Å². The Morgan fingerprint density at radius 1 is 1.36 bits per heavy atom. The fourth-order valence-electron chi connectivity index (χ4n) is 2.22. The number of nitrogens with zero attached hydrogens (tertiary/aromatic N) is 2. The van der Waals surface area contributed by atoms with Crippen LogP contribution in [0.25, 0.3) is 0 Å². The first-order valence-electron chi connectivity index (χ1n) is 5.37. The number of hydrogen-bond acceptors (Lipinski definition) is 3. The van der Waals surface area contributed by atoms with Gasteiger partial charge in [-0.3, -0.25) is 5.10 Å². The zero-order valence-electron chi connectivity index (χ0n) is 8.93. The molecule has 1 aromatic heterocycles. The highest BCUT2D eigenvalue weighted by Gasteiger charge is 2.35. The lowest BCUT2D eigenvalue weighted by Crippen LogP contribution is -2.40. The molecule has 1 saturated heterocycles. The van der Waals surface area contributed by atoms with E-state index < -0.39 is 0 Å². The molecule has 2 heterocycles. The van der Waals surface area contributed by atoms with Gasteiger partial charge in [-0.25, -0.2) is 4.98 Å². The van der Waals surface area contributed by atoms with Crippen molar-refractivity contribution >= 4 is 0 Å². The van der Waals surface area contributed by atoms with Crippen molar-refractivity contribution in [2.75, 3.05) is 13.1 Å². The maximum atomic E-state index is 4.48. The Balaban J connectivity index is 2.26. The van der Waals surface area contributed by atoms with Gasteiger partial charge < -0.3 is 5.32 Å². The van der Waals surface area contributed by atoms with Crippen molar-refractivity contribution in [3.8, 4) is 0 Å². The Morgan fingerprint density at radius 2 is 2.07 bits per heavy atom. The first-order valence-corrected chi connectivity index (χ1v) is 5.37. The van der Waals surface area contributed by atoms with Crippen LogP contribution in [0.4, 0.5) is 0 Å². The van der Waals surface area contributed by atoms with E-state index in [4.69, 9.17) is 0 Å². The second-order valence-electron chi connectivity index (χ2n) is 4.13. The standard InChI is InChI=1S/C10H18N4/c1-3-10(4-6-11-7-5-10)9-12-8(2)13-14-9/h11H,3-7H2,1-2H3,(H,12,13,14). The van der Waals surface area contributed by atoms with Crippen molar-refractivity contribution < 1.29 is 0 Å². The van der Waals surface area contributed by atoms with Crippen LogP contribution in [0.5, 0.6) is 0 Å². The minimum absolute atomic E-state index is 0.218. The van der Waals surface area contributed by atoms with Gasteiger partial charge in [-0.05, 0) is 39.3 Å². The lowest BCUT2D eigenvalue weighted by Gasteiger charge is -2.34. The topological polar surface area (TPSA) is 53.6 Å². The van der Waals surface area contributed by atoms with Gasteiger partial charge in [0.25, 0.3) is 0 Å². The maximum absolute atomic E-state index is 4.48. The molecule has 1 aliphatic heterocycles. The molecule has 2 rings (SSSR count). The van der Waals surface area contributed by atoms with Crippen molar-refractivity contribution in [3.63, 3.8) is 0 Å². The van der Waals surface area contributed by atoms with Gasteiger partial charge in [0.1, 0.15) is 5.82 Å². The van der Waals surface area contributed by atoms with E-state index in [-0.39, 0.29) is 5.41 Å². The predicted molar refractivity (Wildman–Crippen MR) is 55.2 cm³/mol. The van der Waals surface area contributed by atoms with Crippen molar-refractivity contribution in [1.29, 1.82) is 0 Å². The molecule has 0 aliphatic carbocycles. The van der Waals surface area contributed by atoms with Crippen LogP contribution in [0, 0.1) is 6.92 Å². The van der Waals surface area contributed by atoms with Gasteiger partial charge in [0.15, 0.2) is 5.82 Å². The number of aromatic nitrogens is 3. The average molecular weight is 194 g/mol. The molecule has 0 atom stereocenters. The Bertz CT molecular complexity index is 299. The lowest BCUT2D eigenvalue weighted by atomic mass is 9.76. The smallest absolute Gasteiger partial charge is 0.156 e. The normalized spacial score (nSPS) is 21.0. The first kappa shape index (κ1) is 9.65. The van der Waals surface area contributed by atoms with Crippen LogP contribution in [0.2, 0.25) is 0 Å². The molecule has 1 fully saturated rings. The van der Waals surface area contributed by atoms with Gasteiger partial charge in [0.05, 0.1) is 0 Å². The third-order valence-electron chi connectivity index (χ3n) is 3.31. The van der Waals surface area contributed by atoms with E-state index in [1.807, 2.05) is 6.92 Å². The van der Waals surface area contributed by atoms with Gasteiger partial charge in [0.2, 0.25) is 0 Å². The van der Waals surface area contributed by atoms with Crippen LogP contribution in [0.3, 0.4) is 0 Å². The molecule has 4 nitrogen and oxygen atoms in total.